The average molecular weight is 278 g/mol. The SMILES string of the molecule is COc1cc(OC)cc(Oc2ccc(F)cc2CO)c1. The second kappa shape index (κ2) is 6.25. The fourth-order valence-electron chi connectivity index (χ4n) is 1.74. The first-order chi connectivity index (χ1) is 9.66. The Morgan fingerprint density at radius 3 is 2.10 bits per heavy atom. The lowest BCUT2D eigenvalue weighted by Crippen LogP contribution is -1.94. The highest BCUT2D eigenvalue weighted by molar-refractivity contribution is 5.45. The van der Waals surface area contributed by atoms with Crippen molar-refractivity contribution in [3.05, 3.63) is 47.8 Å². The Kier molecular flexibility index (Phi) is 4.42. The van der Waals surface area contributed by atoms with Gasteiger partial charge in [-0.1, -0.05) is 0 Å². The molecule has 0 aliphatic heterocycles. The molecule has 2 rings (SSSR count). The molecule has 0 aliphatic rings. The zero-order chi connectivity index (χ0) is 14.5. The van der Waals surface area contributed by atoms with Crippen LogP contribution in [-0.4, -0.2) is 19.3 Å². The van der Waals surface area contributed by atoms with E-state index in [0.717, 1.165) is 0 Å². The molecule has 0 aliphatic carbocycles. The molecular formula is C15H15FO4. The lowest BCUT2D eigenvalue weighted by Gasteiger charge is -2.12. The number of ether oxygens (including phenoxy) is 3. The van der Waals surface area contributed by atoms with Gasteiger partial charge in [-0.3, -0.25) is 0 Å². The third-order valence-corrected chi connectivity index (χ3v) is 2.75. The fraction of sp³-hybridized carbons (Fsp3) is 0.200. The molecule has 5 heteroatoms. The summed E-state index contributed by atoms with van der Waals surface area (Å²) in [7, 11) is 3.07. The summed E-state index contributed by atoms with van der Waals surface area (Å²) < 4.78 is 29.0. The van der Waals surface area contributed by atoms with E-state index in [1.165, 1.54) is 32.4 Å². The molecule has 2 aromatic carbocycles. The van der Waals surface area contributed by atoms with Crippen LogP contribution in [0.4, 0.5) is 4.39 Å². The monoisotopic (exact) mass is 278 g/mol. The van der Waals surface area contributed by atoms with Crippen molar-refractivity contribution < 1.29 is 23.7 Å². The van der Waals surface area contributed by atoms with Gasteiger partial charge in [-0.25, -0.2) is 4.39 Å². The first-order valence-corrected chi connectivity index (χ1v) is 5.96. The molecule has 0 bridgehead atoms. The van der Waals surface area contributed by atoms with Crippen LogP contribution in [0, 0.1) is 5.82 Å². The second-order valence-corrected chi connectivity index (χ2v) is 4.06. The standard InChI is InChI=1S/C15H15FO4/c1-18-12-6-13(19-2)8-14(7-12)20-15-4-3-11(16)5-10(15)9-17/h3-8,17H,9H2,1-2H3. The minimum Gasteiger partial charge on any atom is -0.496 e. The Morgan fingerprint density at radius 1 is 0.950 bits per heavy atom. The quantitative estimate of drug-likeness (QED) is 0.912. The van der Waals surface area contributed by atoms with Crippen molar-refractivity contribution >= 4 is 0 Å². The third kappa shape index (κ3) is 3.19. The first kappa shape index (κ1) is 14.1. The number of aliphatic hydroxyl groups is 1. The van der Waals surface area contributed by atoms with Gasteiger partial charge in [0, 0.05) is 23.8 Å². The van der Waals surface area contributed by atoms with Crippen LogP contribution in [0.1, 0.15) is 5.56 Å². The predicted molar refractivity (Wildman–Crippen MR) is 71.9 cm³/mol. The number of benzene rings is 2. The van der Waals surface area contributed by atoms with Crippen LogP contribution in [0.15, 0.2) is 36.4 Å². The Balaban J connectivity index is 2.34. The van der Waals surface area contributed by atoms with Crippen molar-refractivity contribution in [2.45, 2.75) is 6.61 Å². The van der Waals surface area contributed by atoms with Crippen molar-refractivity contribution in [2.24, 2.45) is 0 Å². The molecule has 0 radical (unpaired) electrons. The van der Waals surface area contributed by atoms with E-state index in [-0.39, 0.29) is 6.61 Å². The van der Waals surface area contributed by atoms with Crippen molar-refractivity contribution in [1.29, 1.82) is 0 Å². The average Bonchev–Trinajstić information content (AvgIpc) is 2.48. The Bertz CT molecular complexity index is 576. The van der Waals surface area contributed by atoms with E-state index in [9.17, 15) is 9.50 Å². The number of hydrogen-bond donors (Lipinski definition) is 1. The molecule has 106 valence electrons. The minimum atomic E-state index is -0.426. The summed E-state index contributed by atoms with van der Waals surface area (Å²) in [6.07, 6.45) is 0. The van der Waals surface area contributed by atoms with Crippen molar-refractivity contribution in [2.75, 3.05) is 14.2 Å². The number of methoxy groups -OCH3 is 2. The van der Waals surface area contributed by atoms with Crippen LogP contribution in [0.3, 0.4) is 0 Å². The van der Waals surface area contributed by atoms with Crippen LogP contribution in [0.25, 0.3) is 0 Å². The molecule has 0 amide bonds. The summed E-state index contributed by atoms with van der Waals surface area (Å²) in [6, 6.07) is 9.02. The summed E-state index contributed by atoms with van der Waals surface area (Å²) in [6.45, 7) is -0.311. The van der Waals surface area contributed by atoms with Crippen molar-refractivity contribution in [3.63, 3.8) is 0 Å². The van der Waals surface area contributed by atoms with E-state index in [2.05, 4.69) is 0 Å². The summed E-state index contributed by atoms with van der Waals surface area (Å²) in [4.78, 5) is 0. The van der Waals surface area contributed by atoms with Gasteiger partial charge in [-0.05, 0) is 18.2 Å². The normalized spacial score (nSPS) is 10.2. The molecule has 0 fully saturated rings. The van der Waals surface area contributed by atoms with Gasteiger partial charge in [0.15, 0.2) is 0 Å². The molecular weight excluding hydrogens is 263 g/mol. The highest BCUT2D eigenvalue weighted by atomic mass is 19.1. The summed E-state index contributed by atoms with van der Waals surface area (Å²) in [5.41, 5.74) is 0.367. The highest BCUT2D eigenvalue weighted by Crippen LogP contribution is 2.32. The maximum Gasteiger partial charge on any atom is 0.134 e. The van der Waals surface area contributed by atoms with Crippen LogP contribution < -0.4 is 14.2 Å². The first-order valence-electron chi connectivity index (χ1n) is 5.96. The lowest BCUT2D eigenvalue weighted by atomic mass is 10.2. The predicted octanol–water partition coefficient (Wildman–Crippen LogP) is 3.13. The summed E-state index contributed by atoms with van der Waals surface area (Å²) in [5, 5.41) is 9.23. The van der Waals surface area contributed by atoms with Gasteiger partial charge < -0.3 is 19.3 Å². The highest BCUT2D eigenvalue weighted by Gasteiger charge is 2.08. The number of hydrogen-bond acceptors (Lipinski definition) is 4. The van der Waals surface area contributed by atoms with Crippen LogP contribution in [0.5, 0.6) is 23.0 Å². The molecule has 1 N–H and O–H groups in total. The molecule has 20 heavy (non-hydrogen) atoms. The zero-order valence-electron chi connectivity index (χ0n) is 11.2. The molecule has 0 saturated carbocycles. The maximum atomic E-state index is 13.1. The molecule has 0 atom stereocenters. The van der Waals surface area contributed by atoms with E-state index in [4.69, 9.17) is 14.2 Å². The van der Waals surface area contributed by atoms with E-state index in [0.29, 0.717) is 28.6 Å². The Hall–Kier alpha value is -2.27. The van der Waals surface area contributed by atoms with Gasteiger partial charge in [0.1, 0.15) is 28.8 Å². The van der Waals surface area contributed by atoms with Gasteiger partial charge in [0.2, 0.25) is 0 Å². The van der Waals surface area contributed by atoms with Gasteiger partial charge in [0.25, 0.3) is 0 Å². The van der Waals surface area contributed by atoms with Crippen LogP contribution >= 0.6 is 0 Å². The molecule has 0 heterocycles. The van der Waals surface area contributed by atoms with Crippen molar-refractivity contribution in [1.82, 2.24) is 0 Å². The molecule has 0 aromatic heterocycles. The smallest absolute Gasteiger partial charge is 0.134 e. The van der Waals surface area contributed by atoms with E-state index in [1.807, 2.05) is 0 Å². The van der Waals surface area contributed by atoms with E-state index >= 15 is 0 Å². The van der Waals surface area contributed by atoms with E-state index < -0.39 is 5.82 Å². The lowest BCUT2D eigenvalue weighted by molar-refractivity contribution is 0.275. The zero-order valence-corrected chi connectivity index (χ0v) is 11.2. The molecule has 0 saturated heterocycles. The second-order valence-electron chi connectivity index (χ2n) is 4.06. The molecule has 4 nitrogen and oxygen atoms in total. The van der Waals surface area contributed by atoms with Gasteiger partial charge in [-0.15, -0.1) is 0 Å². The van der Waals surface area contributed by atoms with Gasteiger partial charge in [-0.2, -0.15) is 0 Å². The number of halogens is 1. The minimum absolute atomic E-state index is 0.311. The van der Waals surface area contributed by atoms with E-state index in [1.54, 1.807) is 18.2 Å². The van der Waals surface area contributed by atoms with Crippen LogP contribution in [0.2, 0.25) is 0 Å². The molecule has 2 aromatic rings. The van der Waals surface area contributed by atoms with Crippen molar-refractivity contribution in [3.8, 4) is 23.0 Å². The fourth-order valence-corrected chi connectivity index (χ4v) is 1.74. The van der Waals surface area contributed by atoms with Crippen LogP contribution in [-0.2, 0) is 6.61 Å². The number of rotatable bonds is 5. The number of aliphatic hydroxyl groups excluding tert-OH is 1. The van der Waals surface area contributed by atoms with Gasteiger partial charge in [0.05, 0.1) is 20.8 Å². The summed E-state index contributed by atoms with van der Waals surface area (Å²) in [5.74, 6) is 1.58. The molecule has 0 spiro atoms. The largest absolute Gasteiger partial charge is 0.496 e. The molecule has 0 unspecified atom stereocenters. The maximum absolute atomic E-state index is 13.1. The summed E-state index contributed by atoms with van der Waals surface area (Å²) >= 11 is 0. The topological polar surface area (TPSA) is 47.9 Å². The Morgan fingerprint density at radius 2 is 1.55 bits per heavy atom. The third-order valence-electron chi connectivity index (χ3n) is 2.75. The Labute approximate surface area is 116 Å². The van der Waals surface area contributed by atoms with Gasteiger partial charge >= 0.3 is 0 Å².